The van der Waals surface area contributed by atoms with Crippen LogP contribution in [0.25, 0.3) is 0 Å². The molecule has 1 saturated heterocycles. The number of likely N-dealkylation sites (tertiary alicyclic amines) is 1. The highest BCUT2D eigenvalue weighted by Gasteiger charge is 2.62. The summed E-state index contributed by atoms with van der Waals surface area (Å²) in [4.78, 5) is 14.5. The largest absolute Gasteiger partial charge is 0.490 e. The molecule has 3 unspecified atom stereocenters. The van der Waals surface area contributed by atoms with Gasteiger partial charge in [-0.2, -0.15) is 0 Å². The van der Waals surface area contributed by atoms with Gasteiger partial charge >= 0.3 is 0 Å². The van der Waals surface area contributed by atoms with Crippen molar-refractivity contribution < 1.29 is 9.53 Å². The van der Waals surface area contributed by atoms with E-state index in [9.17, 15) is 4.79 Å². The van der Waals surface area contributed by atoms with Gasteiger partial charge in [0, 0.05) is 24.5 Å². The summed E-state index contributed by atoms with van der Waals surface area (Å²) in [6.07, 6.45) is 8.20. The van der Waals surface area contributed by atoms with Crippen molar-refractivity contribution in [2.75, 3.05) is 7.05 Å². The van der Waals surface area contributed by atoms with Gasteiger partial charge in [-0.05, 0) is 97.3 Å². The molecule has 3 nitrogen and oxygen atoms in total. The molecule has 5 rings (SSSR count). The number of rotatable bonds is 2. The van der Waals surface area contributed by atoms with Gasteiger partial charge in [-0.25, -0.2) is 0 Å². The third-order valence-corrected chi connectivity index (χ3v) is 10.0. The Kier molecular flexibility index (Phi) is 4.93. The summed E-state index contributed by atoms with van der Waals surface area (Å²) in [5, 5.41) is 0.756. The van der Waals surface area contributed by atoms with Crippen LogP contribution in [-0.2, 0) is 4.79 Å². The van der Waals surface area contributed by atoms with Gasteiger partial charge in [-0.1, -0.05) is 32.4 Å². The second-order valence-electron chi connectivity index (χ2n) is 11.4. The van der Waals surface area contributed by atoms with E-state index < -0.39 is 0 Å². The molecule has 8 atom stereocenters. The lowest BCUT2D eigenvalue weighted by Gasteiger charge is -2.63. The van der Waals surface area contributed by atoms with Crippen molar-refractivity contribution in [3.05, 3.63) is 29.3 Å². The third kappa shape index (κ3) is 3.10. The molecule has 4 aliphatic rings. The van der Waals surface area contributed by atoms with E-state index in [0.29, 0.717) is 29.4 Å². The molecule has 164 valence electrons. The molecule has 4 fully saturated rings. The predicted octanol–water partition coefficient (Wildman–Crippen LogP) is 6.20. The lowest BCUT2D eigenvalue weighted by molar-refractivity contribution is -0.164. The topological polar surface area (TPSA) is 29.5 Å². The minimum absolute atomic E-state index is 0.274. The number of carbonyl (C=O) groups excluding carboxylic acids is 1. The highest BCUT2D eigenvalue weighted by molar-refractivity contribution is 6.30. The second-order valence-corrected chi connectivity index (χ2v) is 11.8. The Balaban J connectivity index is 1.39. The van der Waals surface area contributed by atoms with E-state index in [4.69, 9.17) is 16.3 Å². The highest BCUT2D eigenvalue weighted by Crippen LogP contribution is 2.66. The molecular weight excluding hydrogens is 394 g/mol. The average molecular weight is 430 g/mol. The predicted molar refractivity (Wildman–Crippen MR) is 121 cm³/mol. The van der Waals surface area contributed by atoms with Gasteiger partial charge in [0.1, 0.15) is 5.75 Å². The fourth-order valence-electron chi connectivity index (χ4n) is 8.25. The van der Waals surface area contributed by atoms with Gasteiger partial charge in [-0.15, -0.1) is 0 Å². The molecule has 0 spiro atoms. The van der Waals surface area contributed by atoms with Gasteiger partial charge in [-0.3, -0.25) is 4.79 Å². The number of piperidine rings is 1. The first-order valence-corrected chi connectivity index (χ1v) is 12.3. The highest BCUT2D eigenvalue weighted by atomic mass is 35.5. The molecule has 30 heavy (non-hydrogen) atoms. The van der Waals surface area contributed by atoms with Gasteiger partial charge < -0.3 is 9.64 Å². The van der Waals surface area contributed by atoms with Crippen LogP contribution >= 0.6 is 11.6 Å². The Morgan fingerprint density at radius 2 is 1.83 bits per heavy atom. The van der Waals surface area contributed by atoms with E-state index in [-0.39, 0.29) is 5.41 Å². The van der Waals surface area contributed by atoms with Crippen molar-refractivity contribution in [2.24, 2.45) is 34.5 Å². The summed E-state index contributed by atoms with van der Waals surface area (Å²) in [5.41, 5.74) is 0.655. The molecule has 0 radical (unpaired) electrons. The smallest absolute Gasteiger partial charge is 0.222 e. The van der Waals surface area contributed by atoms with Gasteiger partial charge in [0.15, 0.2) is 0 Å². The monoisotopic (exact) mass is 429 g/mol. The van der Waals surface area contributed by atoms with Gasteiger partial charge in [0.2, 0.25) is 5.91 Å². The molecule has 1 aliphatic heterocycles. The number of halogens is 1. The molecule has 0 bridgehead atoms. The van der Waals surface area contributed by atoms with Crippen LogP contribution in [0.2, 0.25) is 5.02 Å². The fourth-order valence-corrected chi connectivity index (χ4v) is 8.38. The van der Waals surface area contributed by atoms with Crippen LogP contribution in [0.15, 0.2) is 24.3 Å². The number of fused-ring (bicyclic) bond motifs is 5. The first kappa shape index (κ1) is 20.7. The Hall–Kier alpha value is -1.22. The molecule has 1 aromatic rings. The van der Waals surface area contributed by atoms with Crippen molar-refractivity contribution in [3.8, 4) is 5.75 Å². The third-order valence-electron chi connectivity index (χ3n) is 9.78. The minimum atomic E-state index is 0.274. The summed E-state index contributed by atoms with van der Waals surface area (Å²) < 4.78 is 6.45. The Labute approximate surface area is 186 Å². The normalized spacial score (nSPS) is 45.5. The minimum Gasteiger partial charge on any atom is -0.490 e. The summed E-state index contributed by atoms with van der Waals surface area (Å²) in [6.45, 7) is 7.49. The summed E-state index contributed by atoms with van der Waals surface area (Å²) in [5.74, 6) is 4.17. The number of hydrogen-bond acceptors (Lipinski definition) is 2. The van der Waals surface area contributed by atoms with E-state index in [1.807, 2.05) is 24.3 Å². The van der Waals surface area contributed by atoms with E-state index in [1.165, 1.54) is 19.3 Å². The fraction of sp³-hybridized carbons (Fsp3) is 0.731. The Morgan fingerprint density at radius 3 is 2.57 bits per heavy atom. The first-order valence-electron chi connectivity index (χ1n) is 11.9. The first-order chi connectivity index (χ1) is 14.2. The van der Waals surface area contributed by atoms with Crippen molar-refractivity contribution in [2.45, 2.75) is 77.9 Å². The van der Waals surface area contributed by atoms with E-state index in [2.05, 4.69) is 32.7 Å². The van der Waals surface area contributed by atoms with Crippen molar-refractivity contribution >= 4 is 17.5 Å². The van der Waals surface area contributed by atoms with Crippen molar-refractivity contribution in [1.82, 2.24) is 4.90 Å². The zero-order chi connectivity index (χ0) is 21.3. The number of benzene rings is 1. The van der Waals surface area contributed by atoms with Crippen LogP contribution in [0.1, 0.15) is 65.7 Å². The molecule has 0 aromatic heterocycles. The zero-order valence-corrected chi connectivity index (χ0v) is 19.6. The number of ether oxygens (including phenoxy) is 1. The van der Waals surface area contributed by atoms with Crippen molar-refractivity contribution in [1.29, 1.82) is 0 Å². The quantitative estimate of drug-likeness (QED) is 0.560. The molecule has 0 N–H and O–H groups in total. The number of nitrogens with zero attached hydrogens (tertiary/aromatic N) is 1. The number of carbonyl (C=O) groups is 1. The molecule has 3 aliphatic carbocycles. The average Bonchev–Trinajstić information content (AvgIpc) is 3.04. The van der Waals surface area contributed by atoms with Gasteiger partial charge in [0.25, 0.3) is 0 Å². The number of amides is 1. The van der Waals surface area contributed by atoms with Gasteiger partial charge in [0.05, 0.1) is 6.10 Å². The lowest BCUT2D eigenvalue weighted by Crippen LogP contribution is -2.62. The molecular formula is C26H36ClNO2. The van der Waals surface area contributed by atoms with Crippen LogP contribution in [0.4, 0.5) is 0 Å². The zero-order valence-electron chi connectivity index (χ0n) is 18.9. The summed E-state index contributed by atoms with van der Waals surface area (Å²) in [6, 6.07) is 8.25. The van der Waals surface area contributed by atoms with E-state index in [0.717, 1.165) is 54.2 Å². The van der Waals surface area contributed by atoms with E-state index in [1.54, 1.807) is 0 Å². The molecule has 1 heterocycles. The molecule has 3 saturated carbocycles. The Morgan fingerprint density at radius 1 is 1.10 bits per heavy atom. The SMILES string of the molecule is CC1CC2N(C)C(=O)CC[C@]2(C)[C@@H]2CC[C@]3(C)CC(Oc4ccc(Cl)cc4)C[C@H]3[C@H]12. The van der Waals surface area contributed by atoms with Crippen LogP contribution in [0, 0.1) is 34.5 Å². The molecule has 1 amide bonds. The van der Waals surface area contributed by atoms with Crippen LogP contribution < -0.4 is 4.74 Å². The molecule has 1 aromatic carbocycles. The maximum Gasteiger partial charge on any atom is 0.222 e. The number of hydrogen-bond donors (Lipinski definition) is 0. The van der Waals surface area contributed by atoms with Crippen LogP contribution in [0.3, 0.4) is 0 Å². The Bertz CT molecular complexity index is 825. The lowest BCUT2D eigenvalue weighted by atomic mass is 9.45. The summed E-state index contributed by atoms with van der Waals surface area (Å²) >= 11 is 6.05. The summed E-state index contributed by atoms with van der Waals surface area (Å²) in [7, 11) is 2.05. The van der Waals surface area contributed by atoms with Crippen LogP contribution in [-0.4, -0.2) is 30.0 Å². The maximum atomic E-state index is 12.4. The maximum absolute atomic E-state index is 12.4. The molecule has 4 heteroatoms. The van der Waals surface area contributed by atoms with Crippen molar-refractivity contribution in [3.63, 3.8) is 0 Å². The van der Waals surface area contributed by atoms with E-state index >= 15 is 0 Å². The van der Waals surface area contributed by atoms with Crippen LogP contribution in [0.5, 0.6) is 5.75 Å². The second kappa shape index (κ2) is 7.15. The standard InChI is InChI=1S/C26H36ClNO2/c1-16-13-22-26(3,12-10-23(29)28(22)4)20-9-11-25(2)15-19(14-21(25)24(16)20)30-18-7-5-17(27)6-8-18/h5-8,16,19-22,24H,9-15H2,1-4H3/t16?,19?,20-,21+,22?,24-,25-,26-/m1/s1.